The van der Waals surface area contributed by atoms with E-state index in [0.717, 1.165) is 55.5 Å². The third-order valence-electron chi connectivity index (χ3n) is 14.6. The van der Waals surface area contributed by atoms with Crippen LogP contribution in [0.15, 0.2) is 93.6 Å². The zero-order valence-electron chi connectivity index (χ0n) is 41.8. The molecule has 0 amide bonds. The number of anilines is 4. The molecule has 16 nitrogen and oxygen atoms in total. The molecule has 8 atom stereocenters. The summed E-state index contributed by atoms with van der Waals surface area (Å²) in [4.78, 5) is 7.16. The smallest absolute Gasteiger partial charge is 0.269 e. The second kappa shape index (κ2) is 23.1. The third-order valence-corrected chi connectivity index (χ3v) is 22.8. The molecule has 2 aromatic heterocycles. The Hall–Kier alpha value is -4.04. The molecular formula is C50H52Cl6F2N8O8S4. The summed E-state index contributed by atoms with van der Waals surface area (Å²) in [6.07, 6.45) is 5.38. The van der Waals surface area contributed by atoms with Crippen LogP contribution in [0, 0.1) is 35.3 Å². The van der Waals surface area contributed by atoms with E-state index in [2.05, 4.69) is 20.6 Å². The van der Waals surface area contributed by atoms with Gasteiger partial charge in [0.2, 0.25) is 0 Å². The summed E-state index contributed by atoms with van der Waals surface area (Å²) >= 11 is 40.6. The largest absolute Gasteiger partial charge is 0.497 e. The van der Waals surface area contributed by atoms with E-state index in [4.69, 9.17) is 100 Å². The Kier molecular flexibility index (Phi) is 17.3. The fourth-order valence-corrected chi connectivity index (χ4v) is 17.1. The van der Waals surface area contributed by atoms with Crippen LogP contribution in [0.3, 0.4) is 0 Å². The first-order chi connectivity index (χ1) is 36.9. The maximum absolute atomic E-state index is 15.5. The molecule has 4 aliphatic carbocycles. The van der Waals surface area contributed by atoms with Crippen LogP contribution in [0.4, 0.5) is 30.4 Å². The van der Waals surface area contributed by atoms with Crippen LogP contribution in [0.25, 0.3) is 0 Å². The Morgan fingerprint density at radius 1 is 0.603 bits per heavy atom. The number of nitrogens with one attached hydrogen (secondary N) is 2. The molecule has 420 valence electrons. The van der Waals surface area contributed by atoms with Crippen molar-refractivity contribution in [2.75, 3.05) is 47.7 Å². The summed E-state index contributed by atoms with van der Waals surface area (Å²) in [5, 5.41) is 9.99. The molecule has 0 aliphatic heterocycles. The van der Waals surface area contributed by atoms with Gasteiger partial charge in [0, 0.05) is 70.6 Å². The molecule has 4 fully saturated rings. The molecule has 10 rings (SSSR count). The van der Waals surface area contributed by atoms with E-state index in [0.29, 0.717) is 59.8 Å². The molecule has 6 aromatic rings. The van der Waals surface area contributed by atoms with Gasteiger partial charge in [0.25, 0.3) is 20.0 Å². The van der Waals surface area contributed by atoms with Gasteiger partial charge in [-0.3, -0.25) is 0 Å². The number of alkyl halides is 4. The minimum absolute atomic E-state index is 0.0317. The van der Waals surface area contributed by atoms with Crippen molar-refractivity contribution in [1.29, 1.82) is 0 Å². The van der Waals surface area contributed by atoms with Crippen LogP contribution < -0.4 is 49.7 Å². The zero-order chi connectivity index (χ0) is 56.2. The fourth-order valence-electron chi connectivity index (χ4n) is 10.1. The van der Waals surface area contributed by atoms with Gasteiger partial charge in [-0.2, -0.15) is 0 Å². The van der Waals surface area contributed by atoms with Gasteiger partial charge in [0.1, 0.15) is 53.1 Å². The standard InChI is InChI=1S/2C25H26Cl3FN4O4S2/c2*1-36-14-4-3-13(22(7-14)37-2)12-33(24-31-5-6-38-24)39(34,35)23-10-17(26)20(11-18(23)29)32-21-9-16-15(8-19(21)30)25(16,27)28/h2*3-7,10-11,15-16,19,21,32H,8-9,12,30H2,1-2H3/t15?,16-,19?,21+;15?,16-,19?,21-/m10/s1. The number of aromatic nitrogens is 2. The quantitative estimate of drug-likeness (QED) is 0.0590. The van der Waals surface area contributed by atoms with Crippen LogP contribution in [-0.4, -0.2) is 88.1 Å². The number of halogens is 8. The van der Waals surface area contributed by atoms with E-state index in [1.165, 1.54) is 40.8 Å². The topological polar surface area (TPSA) is 214 Å². The van der Waals surface area contributed by atoms with Crippen LogP contribution in [0.2, 0.25) is 10.0 Å². The number of ether oxygens (including phenoxy) is 4. The molecule has 0 bridgehead atoms. The number of nitrogens with zero attached hydrogens (tertiary/aromatic N) is 4. The number of fused-ring (bicyclic) bond motifs is 2. The Bertz CT molecular complexity index is 3170. The van der Waals surface area contributed by atoms with E-state index in [9.17, 15) is 16.8 Å². The molecule has 28 heteroatoms. The second-order valence-corrected chi connectivity index (χ2v) is 28.2. The summed E-state index contributed by atoms with van der Waals surface area (Å²) in [7, 11) is -2.93. The lowest BCUT2D eigenvalue weighted by molar-refractivity contribution is 0.387. The Morgan fingerprint density at radius 3 is 1.31 bits per heavy atom. The highest BCUT2D eigenvalue weighted by atomic mass is 35.5. The van der Waals surface area contributed by atoms with Gasteiger partial charge in [-0.15, -0.1) is 69.1 Å². The number of hydrogen-bond acceptors (Lipinski definition) is 16. The van der Waals surface area contributed by atoms with Crippen molar-refractivity contribution in [2.45, 2.75) is 81.4 Å². The van der Waals surface area contributed by atoms with Crippen LogP contribution in [0.5, 0.6) is 23.0 Å². The lowest BCUT2D eigenvalue weighted by Gasteiger charge is -2.30. The average Bonchev–Trinajstić information content (AvgIpc) is 4.02. The molecule has 4 unspecified atom stereocenters. The summed E-state index contributed by atoms with van der Waals surface area (Å²) in [5.41, 5.74) is 14.2. The monoisotopic (exact) mass is 1270 g/mol. The number of sulfonamides is 2. The highest BCUT2D eigenvalue weighted by molar-refractivity contribution is 7.93. The van der Waals surface area contributed by atoms with E-state index in [-0.39, 0.29) is 92.6 Å². The zero-order valence-corrected chi connectivity index (χ0v) is 49.6. The van der Waals surface area contributed by atoms with Gasteiger partial charge < -0.3 is 41.0 Å². The molecule has 78 heavy (non-hydrogen) atoms. The Morgan fingerprint density at radius 2 is 0.974 bits per heavy atom. The van der Waals surface area contributed by atoms with Crippen molar-refractivity contribution in [3.05, 3.63) is 117 Å². The van der Waals surface area contributed by atoms with Crippen molar-refractivity contribution in [2.24, 2.45) is 35.1 Å². The Balaban J connectivity index is 0.000000190. The van der Waals surface area contributed by atoms with Crippen LogP contribution >= 0.6 is 92.3 Å². The third kappa shape index (κ3) is 11.7. The van der Waals surface area contributed by atoms with Gasteiger partial charge in [-0.25, -0.2) is 44.2 Å². The van der Waals surface area contributed by atoms with Crippen molar-refractivity contribution in [3.63, 3.8) is 0 Å². The number of thiazole rings is 2. The maximum Gasteiger partial charge on any atom is 0.269 e. The molecule has 4 aliphatic rings. The van der Waals surface area contributed by atoms with Gasteiger partial charge in [-0.05, 0) is 97.9 Å². The summed E-state index contributed by atoms with van der Waals surface area (Å²) in [6, 6.07) is 13.3. The molecule has 6 N–H and O–H groups in total. The highest BCUT2D eigenvalue weighted by Gasteiger charge is 2.66. The number of methoxy groups -OCH3 is 4. The fraction of sp³-hybridized carbons (Fsp3) is 0.400. The lowest BCUT2D eigenvalue weighted by Crippen LogP contribution is -2.43. The van der Waals surface area contributed by atoms with Crippen molar-refractivity contribution in [3.8, 4) is 23.0 Å². The SMILES string of the molecule is COc1ccc(CN(c2nccs2)S(=O)(=O)c2cc(Cl)c(N[C@H]3C[C@@H]4C(CC3N)C4(Cl)Cl)cc2F)c(OC)c1.COc1ccc(CN(c2nccs2)S(=O)(=O)c2cc(Cl)c(N[C@H]3C[C@H]4C(CC3N)C4(Cl)Cl)cc2F)c(OC)c1. The lowest BCUT2D eigenvalue weighted by atomic mass is 9.91. The number of nitrogens with two attached hydrogens (primary N) is 2. The van der Waals surface area contributed by atoms with Gasteiger partial charge in [0.15, 0.2) is 10.3 Å². The first-order valence-electron chi connectivity index (χ1n) is 24.0. The first-order valence-corrected chi connectivity index (χ1v) is 30.9. The van der Waals surface area contributed by atoms with E-state index in [1.807, 2.05) is 0 Å². The minimum Gasteiger partial charge on any atom is -0.497 e. The molecule has 4 aromatic carbocycles. The van der Waals surface area contributed by atoms with Crippen molar-refractivity contribution < 1.29 is 44.6 Å². The second-order valence-electron chi connectivity index (χ2n) is 19.1. The van der Waals surface area contributed by atoms with Gasteiger partial charge >= 0.3 is 0 Å². The van der Waals surface area contributed by atoms with E-state index >= 15 is 8.78 Å². The van der Waals surface area contributed by atoms with Crippen molar-refractivity contribution in [1.82, 2.24) is 9.97 Å². The van der Waals surface area contributed by atoms with Crippen LogP contribution in [-0.2, 0) is 33.1 Å². The van der Waals surface area contributed by atoms with E-state index in [1.54, 1.807) is 47.2 Å². The molecular weight excluding hydrogens is 1220 g/mol. The normalized spacial score (nSPS) is 23.6. The summed E-state index contributed by atoms with van der Waals surface area (Å²) < 4.78 is 108. The van der Waals surface area contributed by atoms with Crippen molar-refractivity contribution >= 4 is 134 Å². The molecule has 0 radical (unpaired) electrons. The number of hydrogen-bond donors (Lipinski definition) is 4. The Labute approximate surface area is 488 Å². The minimum atomic E-state index is -4.45. The molecule has 0 spiro atoms. The first kappa shape index (κ1) is 58.6. The molecule has 4 saturated carbocycles. The summed E-state index contributed by atoms with van der Waals surface area (Å²) in [5.74, 6) is 0.394. The van der Waals surface area contributed by atoms with E-state index < -0.39 is 50.1 Å². The number of rotatable bonds is 18. The van der Waals surface area contributed by atoms with Gasteiger partial charge in [0.05, 0.1) is 62.9 Å². The highest BCUT2D eigenvalue weighted by Crippen LogP contribution is 2.66. The average molecular weight is 1270 g/mol. The maximum atomic E-state index is 15.5. The predicted molar refractivity (Wildman–Crippen MR) is 305 cm³/mol. The van der Waals surface area contributed by atoms with Crippen LogP contribution in [0.1, 0.15) is 36.8 Å². The number of benzene rings is 4. The molecule has 2 heterocycles. The summed E-state index contributed by atoms with van der Waals surface area (Å²) in [6.45, 7) is -0.337. The predicted octanol–water partition coefficient (Wildman–Crippen LogP) is 11.3. The molecule has 0 saturated heterocycles. The van der Waals surface area contributed by atoms with Gasteiger partial charge in [-0.1, -0.05) is 23.2 Å².